The van der Waals surface area contributed by atoms with Gasteiger partial charge in [-0.2, -0.15) is 0 Å². The van der Waals surface area contributed by atoms with E-state index in [4.69, 9.17) is 5.11 Å². The molecule has 0 bridgehead atoms. The van der Waals surface area contributed by atoms with E-state index in [2.05, 4.69) is 5.73 Å². The van der Waals surface area contributed by atoms with Gasteiger partial charge < -0.3 is 15.9 Å². The van der Waals surface area contributed by atoms with Gasteiger partial charge in [-0.15, -0.1) is 0 Å². The largest absolute Gasteiger partial charge is 0.871 e. The number of rotatable bonds is 1. The SMILES string of the molecule is O=C(O)c1ccc2ccccc2c1[O-].[NH3+]C1CCCCC1. The molecule has 0 spiro atoms. The molecule has 0 heterocycles. The zero-order valence-electron chi connectivity index (χ0n) is 12.0. The van der Waals surface area contributed by atoms with Crippen LogP contribution < -0.4 is 10.8 Å². The number of benzene rings is 2. The van der Waals surface area contributed by atoms with E-state index in [0.29, 0.717) is 5.39 Å². The van der Waals surface area contributed by atoms with Crippen LogP contribution in [0, 0.1) is 0 Å². The number of hydrogen-bond donors (Lipinski definition) is 2. The second-order valence-corrected chi connectivity index (χ2v) is 5.47. The van der Waals surface area contributed by atoms with E-state index in [9.17, 15) is 9.90 Å². The minimum atomic E-state index is -1.18. The fourth-order valence-corrected chi connectivity index (χ4v) is 2.60. The van der Waals surface area contributed by atoms with Crippen LogP contribution in [0.5, 0.6) is 5.75 Å². The first-order valence-corrected chi connectivity index (χ1v) is 7.34. The fraction of sp³-hybridized carbons (Fsp3) is 0.353. The Balaban J connectivity index is 0.000000194. The maximum atomic E-state index is 11.6. The molecule has 2 aromatic carbocycles. The molecule has 0 aromatic heterocycles. The Labute approximate surface area is 124 Å². The molecule has 1 aliphatic carbocycles. The summed E-state index contributed by atoms with van der Waals surface area (Å²) in [5.41, 5.74) is 3.82. The summed E-state index contributed by atoms with van der Waals surface area (Å²) in [4.78, 5) is 10.7. The maximum absolute atomic E-state index is 11.6. The molecule has 4 nitrogen and oxygen atoms in total. The third kappa shape index (κ3) is 3.95. The van der Waals surface area contributed by atoms with E-state index in [0.717, 1.165) is 11.4 Å². The molecule has 112 valence electrons. The van der Waals surface area contributed by atoms with E-state index < -0.39 is 11.7 Å². The third-order valence-electron chi connectivity index (χ3n) is 3.83. The molecule has 0 atom stereocenters. The van der Waals surface area contributed by atoms with Gasteiger partial charge >= 0.3 is 5.97 Å². The van der Waals surface area contributed by atoms with Crippen molar-refractivity contribution in [1.82, 2.24) is 0 Å². The lowest BCUT2D eigenvalue weighted by molar-refractivity contribution is -0.425. The molecule has 0 aliphatic heterocycles. The molecule has 4 N–H and O–H groups in total. The maximum Gasteiger partial charge on any atom is 0.335 e. The molecule has 1 aliphatic rings. The molecule has 2 aromatic rings. The number of aromatic carboxylic acids is 1. The highest BCUT2D eigenvalue weighted by Gasteiger charge is 2.09. The number of hydrogen-bond acceptors (Lipinski definition) is 2. The van der Waals surface area contributed by atoms with E-state index >= 15 is 0 Å². The molecular weight excluding hydrogens is 266 g/mol. The van der Waals surface area contributed by atoms with Crippen molar-refractivity contribution in [2.75, 3.05) is 0 Å². The van der Waals surface area contributed by atoms with Crippen molar-refractivity contribution in [1.29, 1.82) is 0 Å². The normalized spacial score (nSPS) is 15.3. The lowest BCUT2D eigenvalue weighted by Crippen LogP contribution is -2.61. The second kappa shape index (κ2) is 7.09. The van der Waals surface area contributed by atoms with Gasteiger partial charge in [-0.3, -0.25) is 0 Å². The van der Waals surface area contributed by atoms with Crippen molar-refractivity contribution in [3.8, 4) is 5.75 Å². The van der Waals surface area contributed by atoms with Crippen LogP contribution in [0.2, 0.25) is 0 Å². The number of carboxylic acid groups (broad SMARTS) is 1. The molecular formula is C17H21NO3. The lowest BCUT2D eigenvalue weighted by Gasteiger charge is -2.13. The smallest absolute Gasteiger partial charge is 0.335 e. The van der Waals surface area contributed by atoms with Gasteiger partial charge in [0.2, 0.25) is 0 Å². The van der Waals surface area contributed by atoms with E-state index in [1.54, 1.807) is 24.3 Å². The molecule has 0 unspecified atom stereocenters. The highest BCUT2D eigenvalue weighted by Crippen LogP contribution is 2.25. The van der Waals surface area contributed by atoms with Crippen molar-refractivity contribution in [2.24, 2.45) is 0 Å². The van der Waals surface area contributed by atoms with Crippen molar-refractivity contribution < 1.29 is 20.7 Å². The number of quaternary nitrogens is 1. The predicted molar refractivity (Wildman–Crippen MR) is 80.1 cm³/mol. The van der Waals surface area contributed by atoms with Crippen LogP contribution in [0.3, 0.4) is 0 Å². The predicted octanol–water partition coefficient (Wildman–Crippen LogP) is 2.17. The fourth-order valence-electron chi connectivity index (χ4n) is 2.60. The summed E-state index contributed by atoms with van der Waals surface area (Å²) in [5, 5.41) is 21.5. The van der Waals surface area contributed by atoms with Crippen molar-refractivity contribution >= 4 is 16.7 Å². The first-order valence-electron chi connectivity index (χ1n) is 7.34. The Morgan fingerprint density at radius 1 is 1.10 bits per heavy atom. The van der Waals surface area contributed by atoms with Crippen molar-refractivity contribution in [2.45, 2.75) is 38.1 Å². The standard InChI is InChI=1S/C11H8O3.C6H13N/c12-10-8-4-2-1-3-7(8)5-6-9(10)11(13)14;7-6-4-2-1-3-5-6/h1-6,12H,(H,13,14);6H,1-5,7H2. The van der Waals surface area contributed by atoms with Gasteiger partial charge in [-0.25, -0.2) is 4.79 Å². The molecule has 21 heavy (non-hydrogen) atoms. The summed E-state index contributed by atoms with van der Waals surface area (Å²) in [7, 11) is 0. The third-order valence-corrected chi connectivity index (χ3v) is 3.83. The monoisotopic (exact) mass is 287 g/mol. The van der Waals surface area contributed by atoms with Crippen LogP contribution in [-0.2, 0) is 0 Å². The second-order valence-electron chi connectivity index (χ2n) is 5.47. The van der Waals surface area contributed by atoms with E-state index in [1.165, 1.54) is 38.2 Å². The molecule has 1 fully saturated rings. The van der Waals surface area contributed by atoms with Gasteiger partial charge in [-0.05, 0) is 42.5 Å². The first-order chi connectivity index (χ1) is 10.1. The van der Waals surface area contributed by atoms with Crippen LogP contribution in [-0.4, -0.2) is 17.1 Å². The summed E-state index contributed by atoms with van der Waals surface area (Å²) < 4.78 is 0. The average molecular weight is 287 g/mol. The summed E-state index contributed by atoms with van der Waals surface area (Å²) >= 11 is 0. The quantitative estimate of drug-likeness (QED) is 0.842. The lowest BCUT2D eigenvalue weighted by atomic mass is 9.97. The van der Waals surface area contributed by atoms with Crippen LogP contribution >= 0.6 is 0 Å². The zero-order valence-corrected chi connectivity index (χ0v) is 12.0. The number of fused-ring (bicyclic) bond motifs is 1. The van der Waals surface area contributed by atoms with Crippen LogP contribution in [0.25, 0.3) is 10.8 Å². The van der Waals surface area contributed by atoms with Crippen LogP contribution in [0.1, 0.15) is 42.5 Å². The summed E-state index contributed by atoms with van der Waals surface area (Å²) in [6, 6.07) is 10.7. The number of carboxylic acids is 1. The highest BCUT2D eigenvalue weighted by molar-refractivity contribution is 5.99. The average Bonchev–Trinajstić information content (AvgIpc) is 2.49. The van der Waals surface area contributed by atoms with Crippen molar-refractivity contribution in [3.63, 3.8) is 0 Å². The van der Waals surface area contributed by atoms with E-state index in [1.807, 2.05) is 6.07 Å². The topological polar surface area (TPSA) is 88.0 Å². The Morgan fingerprint density at radius 3 is 2.33 bits per heavy atom. The Morgan fingerprint density at radius 2 is 1.76 bits per heavy atom. The minimum absolute atomic E-state index is 0.177. The van der Waals surface area contributed by atoms with Gasteiger partial charge in [0.1, 0.15) is 0 Å². The summed E-state index contributed by atoms with van der Waals surface area (Å²) in [5.74, 6) is -1.60. The summed E-state index contributed by atoms with van der Waals surface area (Å²) in [6.45, 7) is 0. The van der Waals surface area contributed by atoms with Crippen LogP contribution in [0.4, 0.5) is 0 Å². The van der Waals surface area contributed by atoms with Gasteiger partial charge in [-0.1, -0.05) is 42.5 Å². The molecule has 3 rings (SSSR count). The first kappa shape index (κ1) is 15.3. The van der Waals surface area contributed by atoms with Gasteiger partial charge in [0.25, 0.3) is 0 Å². The van der Waals surface area contributed by atoms with Crippen molar-refractivity contribution in [3.05, 3.63) is 42.0 Å². The Kier molecular flexibility index (Phi) is 5.17. The number of carbonyl (C=O) groups is 1. The summed E-state index contributed by atoms with van der Waals surface area (Å²) in [6.07, 6.45) is 7.05. The molecule has 0 amide bonds. The highest BCUT2D eigenvalue weighted by atomic mass is 16.4. The zero-order chi connectivity index (χ0) is 15.2. The Bertz CT molecular complexity index is 618. The molecule has 1 saturated carbocycles. The van der Waals surface area contributed by atoms with Gasteiger partial charge in [0.05, 0.1) is 11.6 Å². The Hall–Kier alpha value is -2.07. The van der Waals surface area contributed by atoms with Gasteiger partial charge in [0.15, 0.2) is 0 Å². The molecule has 0 saturated heterocycles. The van der Waals surface area contributed by atoms with Gasteiger partial charge in [0, 0.05) is 0 Å². The minimum Gasteiger partial charge on any atom is -0.871 e. The molecule has 4 heteroatoms. The molecule has 0 radical (unpaired) electrons. The van der Waals surface area contributed by atoms with Crippen LogP contribution in [0.15, 0.2) is 36.4 Å². The van der Waals surface area contributed by atoms with E-state index in [-0.39, 0.29) is 5.56 Å².